The van der Waals surface area contributed by atoms with Crippen LogP contribution >= 0.6 is 0 Å². The van der Waals surface area contributed by atoms with E-state index in [1.807, 2.05) is 0 Å². The summed E-state index contributed by atoms with van der Waals surface area (Å²) in [5, 5.41) is -1.35. The van der Waals surface area contributed by atoms with Crippen molar-refractivity contribution < 1.29 is 22.7 Å². The van der Waals surface area contributed by atoms with Crippen molar-refractivity contribution in [1.82, 2.24) is 4.98 Å². The summed E-state index contributed by atoms with van der Waals surface area (Å²) in [4.78, 5) is 27.3. The number of pyridine rings is 1. The van der Waals surface area contributed by atoms with Crippen molar-refractivity contribution in [1.29, 1.82) is 0 Å². The first kappa shape index (κ1) is 15.6. The molecule has 1 aromatic heterocycles. The van der Waals surface area contributed by atoms with E-state index in [9.17, 15) is 18.0 Å². The summed E-state index contributed by atoms with van der Waals surface area (Å²) in [6.45, 7) is 0. The van der Waals surface area contributed by atoms with Crippen molar-refractivity contribution in [2.45, 2.75) is 35.8 Å². The van der Waals surface area contributed by atoms with Gasteiger partial charge in [-0.2, -0.15) is 0 Å². The zero-order valence-electron chi connectivity index (χ0n) is 11.7. The van der Waals surface area contributed by atoms with Gasteiger partial charge in [0.25, 0.3) is 0 Å². The van der Waals surface area contributed by atoms with Gasteiger partial charge in [0, 0.05) is 25.2 Å². The number of Topliss-reactive ketones (excluding diaryl/α,β-unsaturated/α-hetero) is 1. The number of carbonyl (C=O) groups excluding carboxylic acids is 2. The molecular weight excluding hydrogens is 294 g/mol. The largest absolute Gasteiger partial charge is 0.468 e. The second-order valence-electron chi connectivity index (χ2n) is 5.07. The first-order chi connectivity index (χ1) is 9.96. The molecular formula is C14H17NO5S. The third-order valence-electron chi connectivity index (χ3n) is 3.68. The van der Waals surface area contributed by atoms with Crippen LogP contribution in [0.5, 0.6) is 0 Å². The molecule has 0 N–H and O–H groups in total. The van der Waals surface area contributed by atoms with Crippen LogP contribution in [0.15, 0.2) is 29.4 Å². The summed E-state index contributed by atoms with van der Waals surface area (Å²) in [7, 11) is -2.77. The molecule has 114 valence electrons. The number of methoxy groups -OCH3 is 1. The third kappa shape index (κ3) is 3.29. The minimum absolute atomic E-state index is 0.0125. The second kappa shape index (κ2) is 6.34. The molecule has 1 aromatic rings. The molecule has 21 heavy (non-hydrogen) atoms. The van der Waals surface area contributed by atoms with Gasteiger partial charge in [0.05, 0.1) is 12.0 Å². The number of esters is 1. The van der Waals surface area contributed by atoms with Gasteiger partial charge in [0.2, 0.25) is 0 Å². The Balaban J connectivity index is 2.40. The highest BCUT2D eigenvalue weighted by atomic mass is 32.2. The van der Waals surface area contributed by atoms with E-state index < -0.39 is 27.0 Å². The fraction of sp³-hybridized carbons (Fsp3) is 0.500. The third-order valence-corrected chi connectivity index (χ3v) is 5.82. The maximum absolute atomic E-state index is 12.7. The molecule has 1 aliphatic carbocycles. The molecule has 0 spiro atoms. The minimum atomic E-state index is -3.92. The van der Waals surface area contributed by atoms with Gasteiger partial charge in [-0.15, -0.1) is 0 Å². The van der Waals surface area contributed by atoms with Crippen LogP contribution in [-0.4, -0.2) is 37.5 Å². The van der Waals surface area contributed by atoms with Crippen molar-refractivity contribution in [3.8, 4) is 0 Å². The molecule has 1 fully saturated rings. The van der Waals surface area contributed by atoms with E-state index in [1.165, 1.54) is 24.5 Å². The average molecular weight is 311 g/mol. The molecule has 0 amide bonds. The van der Waals surface area contributed by atoms with Gasteiger partial charge in [-0.3, -0.25) is 14.6 Å². The van der Waals surface area contributed by atoms with E-state index in [0.717, 1.165) is 7.11 Å². The second-order valence-corrected chi connectivity index (χ2v) is 7.14. The molecule has 1 aliphatic rings. The van der Waals surface area contributed by atoms with Crippen molar-refractivity contribution in [3.63, 3.8) is 0 Å². The summed E-state index contributed by atoms with van der Waals surface area (Å²) >= 11 is 0. The molecule has 0 radical (unpaired) electrons. The normalized spacial score (nSPS) is 20.8. The number of ketones is 1. The first-order valence-electron chi connectivity index (χ1n) is 6.70. The average Bonchev–Trinajstić information content (AvgIpc) is 2.48. The van der Waals surface area contributed by atoms with Gasteiger partial charge >= 0.3 is 5.97 Å². The van der Waals surface area contributed by atoms with Gasteiger partial charge in [-0.25, -0.2) is 8.42 Å². The summed E-state index contributed by atoms with van der Waals surface area (Å²) in [5.41, 5.74) is 0. The predicted molar refractivity (Wildman–Crippen MR) is 74.2 cm³/mol. The highest BCUT2D eigenvalue weighted by Crippen LogP contribution is 2.31. The van der Waals surface area contributed by atoms with Crippen molar-refractivity contribution in [2.75, 3.05) is 7.11 Å². The molecule has 2 rings (SSSR count). The van der Waals surface area contributed by atoms with Crippen molar-refractivity contribution in [3.05, 3.63) is 24.5 Å². The molecule has 6 nitrogen and oxygen atoms in total. The Labute approximate surface area is 123 Å². The van der Waals surface area contributed by atoms with Gasteiger partial charge in [-0.05, 0) is 30.9 Å². The van der Waals surface area contributed by atoms with Crippen LogP contribution in [0, 0.1) is 5.92 Å². The minimum Gasteiger partial charge on any atom is -0.468 e. The maximum Gasteiger partial charge on any atom is 0.324 e. The van der Waals surface area contributed by atoms with E-state index in [2.05, 4.69) is 9.72 Å². The summed E-state index contributed by atoms with van der Waals surface area (Å²) in [5.74, 6) is -1.37. The number of ether oxygens (including phenoxy) is 1. The van der Waals surface area contributed by atoms with Crippen LogP contribution < -0.4 is 0 Å². The molecule has 0 aromatic carbocycles. The Morgan fingerprint density at radius 1 is 1.48 bits per heavy atom. The number of rotatable bonds is 4. The quantitative estimate of drug-likeness (QED) is 0.775. The van der Waals surface area contributed by atoms with Gasteiger partial charge in [0.1, 0.15) is 5.78 Å². The standard InChI is InChI=1S/C14H17NO5S/c1-20-14(17)13(10-4-2-5-11(16)8-10)21(18,19)12-6-3-7-15-9-12/h3,6-7,9-10,13H,2,4-5,8H2,1H3. The molecule has 2 unspecified atom stereocenters. The topological polar surface area (TPSA) is 90.4 Å². The zero-order valence-corrected chi connectivity index (χ0v) is 12.5. The molecule has 7 heteroatoms. The summed E-state index contributed by atoms with van der Waals surface area (Å²) < 4.78 is 30.0. The van der Waals surface area contributed by atoms with Crippen LogP contribution in [0.2, 0.25) is 0 Å². The fourth-order valence-corrected chi connectivity index (χ4v) is 4.52. The number of hydrogen-bond acceptors (Lipinski definition) is 6. The van der Waals surface area contributed by atoms with Crippen LogP contribution in [0.25, 0.3) is 0 Å². The fourth-order valence-electron chi connectivity index (χ4n) is 2.67. The molecule has 0 aliphatic heterocycles. The van der Waals surface area contributed by atoms with Crippen LogP contribution in [0.1, 0.15) is 25.7 Å². The predicted octanol–water partition coefficient (Wildman–Crippen LogP) is 1.16. The lowest BCUT2D eigenvalue weighted by Crippen LogP contribution is -2.40. The number of nitrogens with zero attached hydrogens (tertiary/aromatic N) is 1. The van der Waals surface area contributed by atoms with Crippen LogP contribution in [-0.2, 0) is 24.2 Å². The Morgan fingerprint density at radius 2 is 2.24 bits per heavy atom. The number of sulfone groups is 1. The zero-order chi connectivity index (χ0) is 15.5. The van der Waals surface area contributed by atoms with Crippen molar-refractivity contribution >= 4 is 21.6 Å². The first-order valence-corrected chi connectivity index (χ1v) is 8.25. The van der Waals surface area contributed by atoms with Gasteiger partial charge < -0.3 is 4.74 Å². The van der Waals surface area contributed by atoms with E-state index in [-0.39, 0.29) is 17.1 Å². The monoisotopic (exact) mass is 311 g/mol. The molecule has 2 atom stereocenters. The smallest absolute Gasteiger partial charge is 0.324 e. The summed E-state index contributed by atoms with van der Waals surface area (Å²) in [6, 6.07) is 2.89. The van der Waals surface area contributed by atoms with Gasteiger partial charge in [0.15, 0.2) is 15.1 Å². The Bertz CT molecular complexity index is 626. The molecule has 0 saturated heterocycles. The molecule has 0 bridgehead atoms. The Morgan fingerprint density at radius 3 is 2.81 bits per heavy atom. The van der Waals surface area contributed by atoms with E-state index in [0.29, 0.717) is 19.3 Å². The Hall–Kier alpha value is -1.76. The molecule has 1 saturated carbocycles. The van der Waals surface area contributed by atoms with Crippen LogP contribution in [0.4, 0.5) is 0 Å². The maximum atomic E-state index is 12.7. The number of hydrogen-bond donors (Lipinski definition) is 0. The lowest BCUT2D eigenvalue weighted by atomic mass is 9.86. The Kier molecular flexibility index (Phi) is 4.72. The number of carbonyl (C=O) groups is 2. The van der Waals surface area contributed by atoms with E-state index in [4.69, 9.17) is 0 Å². The number of aromatic nitrogens is 1. The molecule has 1 heterocycles. The summed E-state index contributed by atoms with van der Waals surface area (Å²) in [6.07, 6.45) is 4.31. The SMILES string of the molecule is COC(=O)C(C1CCCC(=O)C1)S(=O)(=O)c1cccnc1. The highest BCUT2D eigenvalue weighted by molar-refractivity contribution is 7.92. The van der Waals surface area contributed by atoms with Crippen molar-refractivity contribution in [2.24, 2.45) is 5.92 Å². The van der Waals surface area contributed by atoms with E-state index >= 15 is 0 Å². The van der Waals surface area contributed by atoms with Crippen LogP contribution in [0.3, 0.4) is 0 Å². The lowest BCUT2D eigenvalue weighted by molar-refractivity contribution is -0.141. The van der Waals surface area contributed by atoms with E-state index in [1.54, 1.807) is 0 Å². The highest BCUT2D eigenvalue weighted by Gasteiger charge is 2.43. The lowest BCUT2D eigenvalue weighted by Gasteiger charge is -2.27. The van der Waals surface area contributed by atoms with Gasteiger partial charge in [-0.1, -0.05) is 0 Å².